The minimum absolute atomic E-state index is 0.272. The van der Waals surface area contributed by atoms with Gasteiger partial charge in [-0.3, -0.25) is 0 Å². The van der Waals surface area contributed by atoms with Crippen LogP contribution in [0.25, 0.3) is 11.0 Å². The van der Waals surface area contributed by atoms with Crippen molar-refractivity contribution in [3.8, 4) is 5.88 Å². The zero-order valence-corrected chi connectivity index (χ0v) is 14.9. The first-order chi connectivity index (χ1) is 10.2. The van der Waals surface area contributed by atoms with Crippen molar-refractivity contribution in [3.63, 3.8) is 0 Å². The van der Waals surface area contributed by atoms with Gasteiger partial charge in [-0.1, -0.05) is 11.6 Å². The molecule has 1 aromatic heterocycles. The fourth-order valence-electron chi connectivity index (χ4n) is 1.85. The summed E-state index contributed by atoms with van der Waals surface area (Å²) in [6.07, 6.45) is 0. The highest BCUT2D eigenvalue weighted by Gasteiger charge is 2.30. The molecular weight excluding hydrogens is 322 g/mol. The fraction of sp³-hybridized carbons (Fsp3) is 0.467. The molecule has 2 rings (SSSR count). The van der Waals surface area contributed by atoms with Gasteiger partial charge in [-0.25, -0.2) is 9.97 Å². The minimum atomic E-state index is -1.22. The number of fused-ring (bicyclic) bond motifs is 1. The Labute approximate surface area is 138 Å². The fourth-order valence-corrected chi connectivity index (χ4v) is 2.80. The average Bonchev–Trinajstić information content (AvgIpc) is 2.44. The zero-order valence-electron chi connectivity index (χ0n) is 13.3. The number of rotatable bonds is 4. The number of benzene rings is 1. The van der Waals surface area contributed by atoms with E-state index in [-0.39, 0.29) is 10.8 Å². The number of halogens is 1. The van der Waals surface area contributed by atoms with Crippen LogP contribution in [0.4, 0.5) is 0 Å². The van der Waals surface area contributed by atoms with Crippen LogP contribution in [0, 0.1) is 0 Å². The summed E-state index contributed by atoms with van der Waals surface area (Å²) >= 11 is 4.79. The predicted molar refractivity (Wildman–Crippen MR) is 90.5 cm³/mol. The molecule has 0 spiro atoms. The van der Waals surface area contributed by atoms with Gasteiger partial charge in [-0.15, -0.1) is 4.72 Å². The molecule has 1 N–H and O–H groups in total. The highest BCUT2D eigenvalue weighted by Crippen LogP contribution is 2.27. The highest BCUT2D eigenvalue weighted by atomic mass is 35.5. The lowest BCUT2D eigenvalue weighted by Crippen LogP contribution is -2.40. The van der Waals surface area contributed by atoms with Crippen LogP contribution in [0.5, 0.6) is 5.88 Å². The molecule has 22 heavy (non-hydrogen) atoms. The summed E-state index contributed by atoms with van der Waals surface area (Å²) in [6, 6.07) is 5.03. The molecule has 0 aliphatic heterocycles. The Morgan fingerprint density at radius 2 is 1.95 bits per heavy atom. The molecule has 7 heteroatoms. The number of aromatic nitrogens is 2. The van der Waals surface area contributed by atoms with E-state index in [0.29, 0.717) is 27.6 Å². The van der Waals surface area contributed by atoms with Crippen molar-refractivity contribution in [3.05, 3.63) is 28.9 Å². The first kappa shape index (κ1) is 17.3. The molecule has 0 aliphatic rings. The second-order valence-electron chi connectivity index (χ2n) is 5.97. The average molecular weight is 342 g/mol. The van der Waals surface area contributed by atoms with Gasteiger partial charge in [-0.05, 0) is 45.9 Å². The SMILES string of the molecule is COc1nc2ccc(Cl)cc2nc1[C@@H](C)N[S+]([O-])C(C)(C)C. The van der Waals surface area contributed by atoms with Crippen molar-refractivity contribution in [1.82, 2.24) is 14.7 Å². The molecule has 2 atom stereocenters. The van der Waals surface area contributed by atoms with Crippen molar-refractivity contribution in [2.24, 2.45) is 0 Å². The molecule has 2 aromatic rings. The summed E-state index contributed by atoms with van der Waals surface area (Å²) in [4.78, 5) is 9.02. The lowest BCUT2D eigenvalue weighted by Gasteiger charge is -2.26. The molecule has 1 aromatic carbocycles. The van der Waals surface area contributed by atoms with E-state index in [1.54, 1.807) is 25.3 Å². The lowest BCUT2D eigenvalue weighted by atomic mass is 10.2. The zero-order chi connectivity index (χ0) is 16.5. The molecule has 0 radical (unpaired) electrons. The third-order valence-corrected chi connectivity index (χ3v) is 4.98. The van der Waals surface area contributed by atoms with Gasteiger partial charge >= 0.3 is 0 Å². The lowest BCUT2D eigenvalue weighted by molar-refractivity contribution is 0.386. The Morgan fingerprint density at radius 3 is 2.55 bits per heavy atom. The number of hydrogen-bond donors (Lipinski definition) is 1. The predicted octanol–water partition coefficient (Wildman–Crippen LogP) is 3.40. The normalized spacial score (nSPS) is 14.9. The van der Waals surface area contributed by atoms with E-state index in [0.717, 1.165) is 0 Å². The van der Waals surface area contributed by atoms with Crippen LogP contribution in [0.3, 0.4) is 0 Å². The van der Waals surface area contributed by atoms with Crippen molar-refractivity contribution in [2.45, 2.75) is 38.5 Å². The number of hydrogen-bond acceptors (Lipinski definition) is 5. The first-order valence-electron chi connectivity index (χ1n) is 6.91. The van der Waals surface area contributed by atoms with Gasteiger partial charge in [0.25, 0.3) is 0 Å². The van der Waals surface area contributed by atoms with Crippen molar-refractivity contribution < 1.29 is 9.29 Å². The van der Waals surface area contributed by atoms with Gasteiger partial charge in [0, 0.05) is 16.4 Å². The van der Waals surface area contributed by atoms with E-state index in [4.69, 9.17) is 16.3 Å². The molecule has 0 aliphatic carbocycles. The monoisotopic (exact) mass is 341 g/mol. The van der Waals surface area contributed by atoms with Gasteiger partial charge in [0.2, 0.25) is 5.88 Å². The van der Waals surface area contributed by atoms with Gasteiger partial charge < -0.3 is 9.29 Å². The first-order valence-corrected chi connectivity index (χ1v) is 8.44. The summed E-state index contributed by atoms with van der Waals surface area (Å²) < 4.78 is 20.3. The quantitative estimate of drug-likeness (QED) is 0.863. The molecule has 0 bridgehead atoms. The Bertz CT molecular complexity index is 676. The van der Waals surface area contributed by atoms with E-state index in [1.165, 1.54) is 0 Å². The molecule has 5 nitrogen and oxygen atoms in total. The molecule has 0 fully saturated rings. The summed E-state index contributed by atoms with van der Waals surface area (Å²) in [6.45, 7) is 7.61. The van der Waals surface area contributed by atoms with E-state index < -0.39 is 11.4 Å². The van der Waals surface area contributed by atoms with E-state index in [2.05, 4.69) is 14.7 Å². The summed E-state index contributed by atoms with van der Waals surface area (Å²) in [7, 11) is 1.54. The number of nitrogens with one attached hydrogen (secondary N) is 1. The molecule has 0 saturated heterocycles. The number of nitrogens with zero attached hydrogens (tertiary/aromatic N) is 2. The Morgan fingerprint density at radius 1 is 1.27 bits per heavy atom. The van der Waals surface area contributed by atoms with Gasteiger partial charge in [0.15, 0.2) is 0 Å². The van der Waals surface area contributed by atoms with Crippen molar-refractivity contribution >= 4 is 34.0 Å². The second-order valence-corrected chi connectivity index (χ2v) is 8.41. The van der Waals surface area contributed by atoms with Crippen molar-refractivity contribution in [1.29, 1.82) is 0 Å². The van der Waals surface area contributed by atoms with E-state index in [1.807, 2.05) is 27.7 Å². The van der Waals surface area contributed by atoms with Gasteiger partial charge in [0.1, 0.15) is 10.4 Å². The van der Waals surface area contributed by atoms with Gasteiger partial charge in [0.05, 0.1) is 24.2 Å². The van der Waals surface area contributed by atoms with Crippen LogP contribution in [0.2, 0.25) is 5.02 Å². The van der Waals surface area contributed by atoms with Crippen LogP contribution in [-0.2, 0) is 11.4 Å². The van der Waals surface area contributed by atoms with Crippen molar-refractivity contribution in [2.75, 3.05) is 7.11 Å². The van der Waals surface area contributed by atoms with Crippen LogP contribution in [0.1, 0.15) is 39.4 Å². The van der Waals surface area contributed by atoms with Crippen LogP contribution < -0.4 is 9.46 Å². The smallest absolute Gasteiger partial charge is 0.237 e. The molecule has 1 unspecified atom stereocenters. The third kappa shape index (κ3) is 3.81. The summed E-state index contributed by atoms with van der Waals surface area (Å²) in [5, 5.41) is 0.594. The van der Waals surface area contributed by atoms with Crippen LogP contribution in [-0.4, -0.2) is 26.4 Å². The van der Waals surface area contributed by atoms with E-state index >= 15 is 0 Å². The standard InChI is InChI=1S/C15H20ClN3O2S/c1-9(19-22(20)15(2,3)4)13-14(21-5)18-11-7-6-10(16)8-12(11)17-13/h6-9,19H,1-5H3/t9-,22?/m1/s1. The van der Waals surface area contributed by atoms with E-state index in [9.17, 15) is 4.55 Å². The maximum absolute atomic E-state index is 12.3. The largest absolute Gasteiger partial charge is 0.598 e. The van der Waals surface area contributed by atoms with Crippen LogP contribution >= 0.6 is 11.6 Å². The Kier molecular flexibility index (Phi) is 5.17. The highest BCUT2D eigenvalue weighted by molar-refractivity contribution is 7.90. The Balaban J connectivity index is 2.40. The number of ether oxygens (including phenoxy) is 1. The third-order valence-electron chi connectivity index (χ3n) is 3.06. The molecule has 120 valence electrons. The maximum Gasteiger partial charge on any atom is 0.237 e. The molecule has 1 heterocycles. The minimum Gasteiger partial charge on any atom is -0.598 e. The topological polar surface area (TPSA) is 70.1 Å². The molecule has 0 amide bonds. The maximum atomic E-state index is 12.3. The van der Waals surface area contributed by atoms with Crippen LogP contribution in [0.15, 0.2) is 18.2 Å². The second kappa shape index (κ2) is 6.58. The molecular formula is C15H20ClN3O2S. The summed E-state index contributed by atoms with van der Waals surface area (Å²) in [5.74, 6) is 0.417. The summed E-state index contributed by atoms with van der Waals surface area (Å²) in [5.41, 5.74) is 1.99. The Hall–Kier alpha value is -1.08. The number of methoxy groups -OCH3 is 1. The van der Waals surface area contributed by atoms with Gasteiger partial charge in [-0.2, -0.15) is 0 Å². The molecule has 0 saturated carbocycles.